The van der Waals surface area contributed by atoms with Crippen LogP contribution >= 0.6 is 0 Å². The quantitative estimate of drug-likeness (QED) is 0.744. The number of rotatable bonds is 5. The predicted molar refractivity (Wildman–Crippen MR) is 75.8 cm³/mol. The first-order chi connectivity index (χ1) is 9.86. The van der Waals surface area contributed by atoms with E-state index in [1.807, 2.05) is 13.8 Å². The number of methoxy groups -OCH3 is 1. The molecular formula is C14H24N2O5. The zero-order chi connectivity index (χ0) is 16.0. The Morgan fingerprint density at radius 2 is 2.00 bits per heavy atom. The number of urea groups is 1. The van der Waals surface area contributed by atoms with E-state index in [1.165, 1.54) is 12.0 Å². The topological polar surface area (TPSA) is 95.9 Å². The summed E-state index contributed by atoms with van der Waals surface area (Å²) in [6, 6.07) is -2.09. The minimum absolute atomic E-state index is 0.200. The lowest BCUT2D eigenvalue weighted by atomic mass is 10.0. The van der Waals surface area contributed by atoms with E-state index in [1.54, 1.807) is 0 Å². The first-order valence-corrected chi connectivity index (χ1v) is 7.24. The molecule has 120 valence electrons. The average Bonchev–Trinajstić information content (AvgIpc) is 2.45. The van der Waals surface area contributed by atoms with Gasteiger partial charge in [-0.25, -0.2) is 14.4 Å². The third-order valence-corrected chi connectivity index (χ3v) is 3.54. The van der Waals surface area contributed by atoms with Crippen molar-refractivity contribution in [3.8, 4) is 0 Å². The van der Waals surface area contributed by atoms with Gasteiger partial charge in [-0.2, -0.15) is 0 Å². The molecule has 2 amide bonds. The van der Waals surface area contributed by atoms with E-state index in [-0.39, 0.29) is 5.92 Å². The summed E-state index contributed by atoms with van der Waals surface area (Å²) in [5.74, 6) is -1.32. The molecule has 1 heterocycles. The Morgan fingerprint density at radius 1 is 1.33 bits per heavy atom. The van der Waals surface area contributed by atoms with Gasteiger partial charge in [-0.1, -0.05) is 13.8 Å². The molecule has 1 rings (SSSR count). The smallest absolute Gasteiger partial charge is 0.328 e. The number of hydrogen-bond acceptors (Lipinski definition) is 4. The number of carboxylic acids is 1. The van der Waals surface area contributed by atoms with Gasteiger partial charge in [0.15, 0.2) is 0 Å². The molecule has 1 saturated heterocycles. The van der Waals surface area contributed by atoms with Crippen LogP contribution < -0.4 is 5.32 Å². The fourth-order valence-electron chi connectivity index (χ4n) is 2.49. The molecule has 7 nitrogen and oxygen atoms in total. The molecule has 0 radical (unpaired) electrons. The lowest BCUT2D eigenvalue weighted by molar-refractivity contribution is -0.143. The Hall–Kier alpha value is -1.79. The summed E-state index contributed by atoms with van der Waals surface area (Å²) in [5, 5.41) is 11.8. The molecule has 0 aromatic rings. The van der Waals surface area contributed by atoms with Crippen LogP contribution in [0.15, 0.2) is 0 Å². The molecule has 21 heavy (non-hydrogen) atoms. The Morgan fingerprint density at radius 3 is 2.52 bits per heavy atom. The number of carbonyl (C=O) groups excluding carboxylic acids is 2. The van der Waals surface area contributed by atoms with E-state index in [9.17, 15) is 19.5 Å². The summed E-state index contributed by atoms with van der Waals surface area (Å²) in [7, 11) is 1.27. The summed E-state index contributed by atoms with van der Waals surface area (Å²) >= 11 is 0. The maximum atomic E-state index is 12.3. The third kappa shape index (κ3) is 4.91. The third-order valence-electron chi connectivity index (χ3n) is 3.54. The Labute approximate surface area is 124 Å². The van der Waals surface area contributed by atoms with Crippen LogP contribution in [0, 0.1) is 5.92 Å². The molecule has 0 spiro atoms. The number of nitrogens with zero attached hydrogens (tertiary/aromatic N) is 1. The lowest BCUT2D eigenvalue weighted by Crippen LogP contribution is -2.55. The fourth-order valence-corrected chi connectivity index (χ4v) is 2.49. The zero-order valence-corrected chi connectivity index (χ0v) is 12.8. The van der Waals surface area contributed by atoms with Crippen molar-refractivity contribution >= 4 is 18.0 Å². The standard InChI is InChI=1S/C14H24N2O5/c1-9(2)8-10(13(19)21-3)15-14(20)16-7-5-4-6-11(16)12(17)18/h9-11H,4-8H2,1-3H3,(H,15,20)(H,17,18). The highest BCUT2D eigenvalue weighted by atomic mass is 16.5. The van der Waals surface area contributed by atoms with Crippen LogP contribution in [-0.2, 0) is 14.3 Å². The summed E-state index contributed by atoms with van der Waals surface area (Å²) in [4.78, 5) is 36.5. The van der Waals surface area contributed by atoms with E-state index >= 15 is 0 Å². The molecule has 0 aromatic carbocycles. The molecular weight excluding hydrogens is 276 g/mol. The van der Waals surface area contributed by atoms with Crippen molar-refractivity contribution < 1.29 is 24.2 Å². The van der Waals surface area contributed by atoms with Crippen LogP contribution in [0.3, 0.4) is 0 Å². The number of nitrogens with one attached hydrogen (secondary N) is 1. The number of aliphatic carboxylic acids is 1. The monoisotopic (exact) mass is 300 g/mol. The molecule has 0 bridgehead atoms. The summed E-state index contributed by atoms with van der Waals surface area (Å²) in [6.45, 7) is 4.25. The summed E-state index contributed by atoms with van der Waals surface area (Å²) in [6.07, 6.45) is 2.44. The van der Waals surface area contributed by atoms with Gasteiger partial charge in [0.05, 0.1) is 7.11 Å². The molecule has 1 aliphatic rings. The molecule has 1 aliphatic heterocycles. The van der Waals surface area contributed by atoms with Gasteiger partial charge in [-0.15, -0.1) is 0 Å². The largest absolute Gasteiger partial charge is 0.480 e. The van der Waals surface area contributed by atoms with E-state index in [0.29, 0.717) is 19.4 Å². The second-order valence-electron chi connectivity index (χ2n) is 5.70. The van der Waals surface area contributed by atoms with Crippen molar-refractivity contribution in [2.24, 2.45) is 5.92 Å². The normalized spacial score (nSPS) is 20.0. The van der Waals surface area contributed by atoms with Crippen molar-refractivity contribution in [3.05, 3.63) is 0 Å². The van der Waals surface area contributed by atoms with Crippen LogP contribution in [0.2, 0.25) is 0 Å². The van der Waals surface area contributed by atoms with Crippen molar-refractivity contribution in [1.82, 2.24) is 10.2 Å². The van der Waals surface area contributed by atoms with E-state index in [2.05, 4.69) is 10.1 Å². The second kappa shape index (κ2) is 7.85. The SMILES string of the molecule is COC(=O)C(CC(C)C)NC(=O)N1CCCCC1C(=O)O. The number of amides is 2. The van der Waals surface area contributed by atoms with Crippen LogP contribution in [0.25, 0.3) is 0 Å². The lowest BCUT2D eigenvalue weighted by Gasteiger charge is -2.34. The molecule has 2 atom stereocenters. The van der Waals surface area contributed by atoms with Crippen molar-refractivity contribution in [2.45, 2.75) is 51.6 Å². The molecule has 1 fully saturated rings. The number of ether oxygens (including phenoxy) is 1. The molecule has 0 aliphatic carbocycles. The molecule has 0 aromatic heterocycles. The highest BCUT2D eigenvalue weighted by molar-refractivity contribution is 5.86. The number of esters is 1. The number of hydrogen-bond donors (Lipinski definition) is 2. The van der Waals surface area contributed by atoms with E-state index in [4.69, 9.17) is 0 Å². The van der Waals surface area contributed by atoms with Gasteiger partial charge in [0.1, 0.15) is 12.1 Å². The molecule has 0 saturated carbocycles. The predicted octanol–water partition coefficient (Wildman–Crippen LogP) is 1.22. The van der Waals surface area contributed by atoms with Crippen LogP contribution in [0.4, 0.5) is 4.79 Å². The first-order valence-electron chi connectivity index (χ1n) is 7.24. The number of likely N-dealkylation sites (tertiary alicyclic amines) is 1. The first kappa shape index (κ1) is 17.3. The molecule has 7 heteroatoms. The maximum Gasteiger partial charge on any atom is 0.328 e. The molecule has 2 N–H and O–H groups in total. The van der Waals surface area contributed by atoms with E-state index < -0.39 is 30.1 Å². The number of piperidine rings is 1. The minimum Gasteiger partial charge on any atom is -0.480 e. The van der Waals surface area contributed by atoms with Crippen LogP contribution in [-0.4, -0.2) is 53.7 Å². The van der Waals surface area contributed by atoms with Crippen molar-refractivity contribution in [3.63, 3.8) is 0 Å². The maximum absolute atomic E-state index is 12.3. The van der Waals surface area contributed by atoms with Gasteiger partial charge < -0.3 is 20.1 Å². The Kier molecular flexibility index (Phi) is 6.45. The van der Waals surface area contributed by atoms with Gasteiger partial charge in [0.2, 0.25) is 0 Å². The van der Waals surface area contributed by atoms with Gasteiger partial charge in [-0.3, -0.25) is 0 Å². The summed E-state index contributed by atoms with van der Waals surface area (Å²) in [5.41, 5.74) is 0. The highest BCUT2D eigenvalue weighted by Gasteiger charge is 2.34. The number of carboxylic acid groups (broad SMARTS) is 1. The minimum atomic E-state index is -1.01. The summed E-state index contributed by atoms with van der Waals surface area (Å²) < 4.78 is 4.69. The zero-order valence-electron chi connectivity index (χ0n) is 12.8. The highest BCUT2D eigenvalue weighted by Crippen LogP contribution is 2.18. The number of carbonyl (C=O) groups is 3. The van der Waals surface area contributed by atoms with Crippen molar-refractivity contribution in [1.29, 1.82) is 0 Å². The van der Waals surface area contributed by atoms with Crippen LogP contribution in [0.1, 0.15) is 39.5 Å². The molecule has 2 unspecified atom stereocenters. The van der Waals surface area contributed by atoms with Gasteiger partial charge in [0, 0.05) is 6.54 Å². The average molecular weight is 300 g/mol. The van der Waals surface area contributed by atoms with Gasteiger partial charge >= 0.3 is 18.0 Å². The van der Waals surface area contributed by atoms with Crippen molar-refractivity contribution in [2.75, 3.05) is 13.7 Å². The fraction of sp³-hybridized carbons (Fsp3) is 0.786. The second-order valence-corrected chi connectivity index (χ2v) is 5.70. The van der Waals surface area contributed by atoms with Gasteiger partial charge in [0.25, 0.3) is 0 Å². The Bertz CT molecular complexity index is 397. The van der Waals surface area contributed by atoms with E-state index in [0.717, 1.165) is 12.8 Å². The Balaban J connectivity index is 2.74. The van der Waals surface area contributed by atoms with Gasteiger partial charge in [-0.05, 0) is 31.6 Å². The van der Waals surface area contributed by atoms with Crippen LogP contribution in [0.5, 0.6) is 0 Å².